The predicted octanol–water partition coefficient (Wildman–Crippen LogP) is 3.04. The molecule has 0 aliphatic heterocycles. The van der Waals surface area contributed by atoms with Gasteiger partial charge >= 0.3 is 0 Å². The van der Waals surface area contributed by atoms with E-state index in [2.05, 4.69) is 19.6 Å². The van der Waals surface area contributed by atoms with Gasteiger partial charge in [-0.25, -0.2) is 0 Å². The summed E-state index contributed by atoms with van der Waals surface area (Å²) in [5, 5.41) is 0. The molecule has 1 unspecified atom stereocenters. The lowest BCUT2D eigenvalue weighted by Gasteiger charge is -2.18. The quantitative estimate of drug-likeness (QED) is 0.446. The number of ether oxygens (including phenoxy) is 1. The highest BCUT2D eigenvalue weighted by molar-refractivity contribution is 5.09. The lowest BCUT2D eigenvalue weighted by molar-refractivity contribution is 0.188. The first-order chi connectivity index (χ1) is 5.34. The molecule has 0 saturated carbocycles. The predicted molar refractivity (Wildman–Crippen MR) is 47.3 cm³/mol. The summed E-state index contributed by atoms with van der Waals surface area (Å²) in [7, 11) is 0. The maximum atomic E-state index is 5.28. The SMILES string of the molecule is C=COC(C)C1=CCCCC1. The zero-order valence-electron chi connectivity index (χ0n) is 7.18. The van der Waals surface area contributed by atoms with Crippen molar-refractivity contribution >= 4 is 0 Å². The van der Waals surface area contributed by atoms with Crippen LogP contribution in [-0.2, 0) is 4.74 Å². The monoisotopic (exact) mass is 152 g/mol. The van der Waals surface area contributed by atoms with Crippen molar-refractivity contribution in [1.82, 2.24) is 0 Å². The average Bonchev–Trinajstić information content (AvgIpc) is 2.07. The molecule has 0 aromatic carbocycles. The van der Waals surface area contributed by atoms with Crippen molar-refractivity contribution < 1.29 is 4.74 Å². The van der Waals surface area contributed by atoms with Crippen molar-refractivity contribution in [2.75, 3.05) is 0 Å². The Morgan fingerprint density at radius 3 is 3.00 bits per heavy atom. The van der Waals surface area contributed by atoms with Gasteiger partial charge in [-0.3, -0.25) is 0 Å². The summed E-state index contributed by atoms with van der Waals surface area (Å²) >= 11 is 0. The molecule has 0 saturated heterocycles. The van der Waals surface area contributed by atoms with E-state index in [-0.39, 0.29) is 6.10 Å². The van der Waals surface area contributed by atoms with Crippen molar-refractivity contribution in [2.45, 2.75) is 38.7 Å². The van der Waals surface area contributed by atoms with Crippen LogP contribution in [0.5, 0.6) is 0 Å². The zero-order chi connectivity index (χ0) is 8.10. The third-order valence-corrected chi connectivity index (χ3v) is 2.15. The van der Waals surface area contributed by atoms with E-state index >= 15 is 0 Å². The highest BCUT2D eigenvalue weighted by atomic mass is 16.5. The number of hydrogen-bond donors (Lipinski definition) is 0. The molecule has 0 bridgehead atoms. The molecule has 0 aromatic heterocycles. The molecule has 0 amide bonds. The summed E-state index contributed by atoms with van der Waals surface area (Å²) < 4.78 is 5.28. The van der Waals surface area contributed by atoms with E-state index in [1.54, 1.807) is 0 Å². The lowest BCUT2D eigenvalue weighted by Crippen LogP contribution is -2.10. The topological polar surface area (TPSA) is 9.23 Å². The van der Waals surface area contributed by atoms with Crippen LogP contribution in [0.25, 0.3) is 0 Å². The van der Waals surface area contributed by atoms with Gasteiger partial charge < -0.3 is 4.74 Å². The summed E-state index contributed by atoms with van der Waals surface area (Å²) in [6.07, 6.45) is 9.15. The van der Waals surface area contributed by atoms with Crippen molar-refractivity contribution in [1.29, 1.82) is 0 Å². The van der Waals surface area contributed by atoms with Crippen molar-refractivity contribution in [2.24, 2.45) is 0 Å². The van der Waals surface area contributed by atoms with Gasteiger partial charge in [0.2, 0.25) is 0 Å². The molecule has 1 atom stereocenters. The molecule has 0 spiro atoms. The summed E-state index contributed by atoms with van der Waals surface area (Å²) in [5.41, 5.74) is 1.44. The largest absolute Gasteiger partial charge is 0.495 e. The minimum absolute atomic E-state index is 0.243. The van der Waals surface area contributed by atoms with Crippen LogP contribution in [0.1, 0.15) is 32.6 Å². The first kappa shape index (κ1) is 8.38. The second-order valence-corrected chi connectivity index (χ2v) is 2.97. The third kappa shape index (κ3) is 2.41. The first-order valence-electron chi connectivity index (χ1n) is 4.30. The molecule has 1 aliphatic rings. The Morgan fingerprint density at radius 1 is 1.64 bits per heavy atom. The summed E-state index contributed by atoms with van der Waals surface area (Å²) in [4.78, 5) is 0. The van der Waals surface area contributed by atoms with Crippen LogP contribution < -0.4 is 0 Å². The molecule has 1 aliphatic carbocycles. The minimum Gasteiger partial charge on any atom is -0.495 e. The van der Waals surface area contributed by atoms with E-state index in [9.17, 15) is 0 Å². The normalized spacial score (nSPS) is 20.3. The van der Waals surface area contributed by atoms with E-state index in [1.807, 2.05) is 0 Å². The van der Waals surface area contributed by atoms with Crippen LogP contribution in [-0.4, -0.2) is 6.10 Å². The van der Waals surface area contributed by atoms with Gasteiger partial charge in [-0.05, 0) is 38.2 Å². The highest BCUT2D eigenvalue weighted by Gasteiger charge is 2.10. The second-order valence-electron chi connectivity index (χ2n) is 2.97. The van der Waals surface area contributed by atoms with Gasteiger partial charge in [-0.1, -0.05) is 12.7 Å². The lowest BCUT2D eigenvalue weighted by atomic mass is 9.96. The molecule has 0 heterocycles. The van der Waals surface area contributed by atoms with Gasteiger partial charge in [0.05, 0.1) is 6.26 Å². The Labute approximate surface area is 68.8 Å². The van der Waals surface area contributed by atoms with Gasteiger partial charge in [0.1, 0.15) is 6.10 Å². The van der Waals surface area contributed by atoms with Crippen molar-refractivity contribution in [3.8, 4) is 0 Å². The second kappa shape index (κ2) is 4.22. The van der Waals surface area contributed by atoms with Crippen LogP contribution in [0.3, 0.4) is 0 Å². The molecule has 1 nitrogen and oxygen atoms in total. The van der Waals surface area contributed by atoms with E-state index in [1.165, 1.54) is 37.5 Å². The molecule has 11 heavy (non-hydrogen) atoms. The number of hydrogen-bond acceptors (Lipinski definition) is 1. The van der Waals surface area contributed by atoms with E-state index in [0.29, 0.717) is 0 Å². The van der Waals surface area contributed by atoms with E-state index in [0.717, 1.165) is 0 Å². The smallest absolute Gasteiger partial charge is 0.116 e. The standard InChI is InChI=1S/C10H16O/c1-3-11-9(2)10-7-5-4-6-8-10/h3,7,9H,1,4-6,8H2,2H3. The first-order valence-corrected chi connectivity index (χ1v) is 4.30. The van der Waals surface area contributed by atoms with Crippen molar-refractivity contribution in [3.63, 3.8) is 0 Å². The van der Waals surface area contributed by atoms with Crippen LogP contribution in [0.4, 0.5) is 0 Å². The summed E-state index contributed by atoms with van der Waals surface area (Å²) in [6.45, 7) is 5.63. The third-order valence-electron chi connectivity index (χ3n) is 2.15. The van der Waals surface area contributed by atoms with Gasteiger partial charge in [-0.15, -0.1) is 0 Å². The van der Waals surface area contributed by atoms with Gasteiger partial charge in [0.25, 0.3) is 0 Å². The Balaban J connectivity index is 2.43. The molecule has 0 N–H and O–H groups in total. The van der Waals surface area contributed by atoms with Crippen LogP contribution in [0.15, 0.2) is 24.5 Å². The Kier molecular flexibility index (Phi) is 3.21. The molecule has 0 radical (unpaired) electrons. The molecule has 0 aromatic rings. The molecular weight excluding hydrogens is 136 g/mol. The number of rotatable bonds is 3. The van der Waals surface area contributed by atoms with Gasteiger partial charge in [-0.2, -0.15) is 0 Å². The highest BCUT2D eigenvalue weighted by Crippen LogP contribution is 2.21. The fourth-order valence-electron chi connectivity index (χ4n) is 1.46. The fraction of sp³-hybridized carbons (Fsp3) is 0.600. The minimum atomic E-state index is 0.243. The van der Waals surface area contributed by atoms with Crippen molar-refractivity contribution in [3.05, 3.63) is 24.5 Å². The summed E-state index contributed by atoms with van der Waals surface area (Å²) in [5.74, 6) is 0. The fourth-order valence-corrected chi connectivity index (χ4v) is 1.46. The zero-order valence-corrected chi connectivity index (χ0v) is 7.18. The molecule has 1 heteroatoms. The maximum absolute atomic E-state index is 5.28. The maximum Gasteiger partial charge on any atom is 0.116 e. The van der Waals surface area contributed by atoms with Crippen LogP contribution >= 0.6 is 0 Å². The Hall–Kier alpha value is -0.720. The number of allylic oxidation sites excluding steroid dienone is 1. The van der Waals surface area contributed by atoms with Gasteiger partial charge in [0.15, 0.2) is 0 Å². The van der Waals surface area contributed by atoms with E-state index in [4.69, 9.17) is 4.74 Å². The van der Waals surface area contributed by atoms with Crippen LogP contribution in [0.2, 0.25) is 0 Å². The van der Waals surface area contributed by atoms with E-state index < -0.39 is 0 Å². The Morgan fingerprint density at radius 2 is 2.45 bits per heavy atom. The molecule has 1 rings (SSSR count). The Bertz CT molecular complexity index is 158. The molecular formula is C10H16O. The average molecular weight is 152 g/mol. The molecule has 0 fully saturated rings. The van der Waals surface area contributed by atoms with Crippen LogP contribution in [0, 0.1) is 0 Å². The van der Waals surface area contributed by atoms with Gasteiger partial charge in [0, 0.05) is 0 Å². The summed E-state index contributed by atoms with van der Waals surface area (Å²) in [6, 6.07) is 0. The molecule has 62 valence electrons.